The van der Waals surface area contributed by atoms with Crippen LogP contribution < -0.4 is 5.73 Å². The molecular formula is C17H23N3O. The maximum atomic E-state index is 11.1. The van der Waals surface area contributed by atoms with Crippen molar-refractivity contribution in [2.24, 2.45) is 5.73 Å². The normalized spacial score (nSPS) is 22.2. The first-order valence-corrected chi connectivity index (χ1v) is 7.71. The van der Waals surface area contributed by atoms with Crippen LogP contribution in [-0.4, -0.2) is 21.4 Å². The van der Waals surface area contributed by atoms with Crippen LogP contribution in [0.25, 0.3) is 0 Å². The Morgan fingerprint density at radius 3 is 2.95 bits per heavy atom. The predicted octanol–water partition coefficient (Wildman–Crippen LogP) is 2.17. The van der Waals surface area contributed by atoms with Gasteiger partial charge in [-0.2, -0.15) is 5.10 Å². The highest BCUT2D eigenvalue weighted by atomic mass is 16.3. The van der Waals surface area contributed by atoms with Crippen LogP contribution in [0, 0.1) is 0 Å². The summed E-state index contributed by atoms with van der Waals surface area (Å²) in [6.45, 7) is 3.38. The Morgan fingerprint density at radius 1 is 1.38 bits per heavy atom. The first-order chi connectivity index (χ1) is 10.2. The van der Waals surface area contributed by atoms with Crippen LogP contribution in [0.2, 0.25) is 0 Å². The molecule has 4 heteroatoms. The van der Waals surface area contributed by atoms with E-state index in [-0.39, 0.29) is 5.41 Å². The van der Waals surface area contributed by atoms with Gasteiger partial charge in [0.2, 0.25) is 0 Å². The van der Waals surface area contributed by atoms with Gasteiger partial charge in [-0.3, -0.25) is 4.68 Å². The Morgan fingerprint density at radius 2 is 2.19 bits per heavy atom. The number of aryl methyl sites for hydroxylation is 2. The van der Waals surface area contributed by atoms with Gasteiger partial charge in [0.1, 0.15) is 6.10 Å². The zero-order chi connectivity index (χ0) is 14.9. The molecule has 1 aliphatic carbocycles. The fraction of sp³-hybridized carbons (Fsp3) is 0.471. The molecule has 0 spiro atoms. The molecule has 0 radical (unpaired) electrons. The van der Waals surface area contributed by atoms with Crippen LogP contribution in [0.15, 0.2) is 36.5 Å². The van der Waals surface area contributed by atoms with Crippen LogP contribution in [0.5, 0.6) is 0 Å². The van der Waals surface area contributed by atoms with Crippen molar-refractivity contribution in [3.63, 3.8) is 0 Å². The standard InChI is InChI=1S/C17H23N3O/c1-2-11-20-15(8-10-19-20)16(21)17(12-18)9-7-13-5-3-4-6-14(13)17/h3-6,8,10,16,21H,2,7,9,11-12,18H2,1H3. The first-order valence-electron chi connectivity index (χ1n) is 7.71. The number of benzene rings is 1. The smallest absolute Gasteiger partial charge is 0.106 e. The van der Waals surface area contributed by atoms with Gasteiger partial charge in [-0.15, -0.1) is 0 Å². The van der Waals surface area contributed by atoms with Crippen molar-refractivity contribution >= 4 is 0 Å². The van der Waals surface area contributed by atoms with E-state index < -0.39 is 6.10 Å². The van der Waals surface area contributed by atoms with Gasteiger partial charge in [-0.1, -0.05) is 31.2 Å². The molecule has 0 bridgehead atoms. The van der Waals surface area contributed by atoms with E-state index in [0.717, 1.165) is 31.5 Å². The van der Waals surface area contributed by atoms with E-state index in [1.54, 1.807) is 6.20 Å². The lowest BCUT2D eigenvalue weighted by Gasteiger charge is -2.34. The number of aromatic nitrogens is 2. The summed E-state index contributed by atoms with van der Waals surface area (Å²) in [7, 11) is 0. The number of rotatable bonds is 5. The summed E-state index contributed by atoms with van der Waals surface area (Å²) in [4.78, 5) is 0. The average molecular weight is 285 g/mol. The summed E-state index contributed by atoms with van der Waals surface area (Å²) in [6, 6.07) is 10.3. The first kappa shape index (κ1) is 14.3. The third-order valence-corrected chi connectivity index (χ3v) is 4.75. The van der Waals surface area contributed by atoms with Crippen LogP contribution >= 0.6 is 0 Å². The Labute approximate surface area is 125 Å². The molecule has 1 aromatic carbocycles. The van der Waals surface area contributed by atoms with E-state index in [1.165, 1.54) is 11.1 Å². The van der Waals surface area contributed by atoms with Crippen LogP contribution in [0.1, 0.15) is 42.7 Å². The number of fused-ring (bicyclic) bond motifs is 1. The second-order valence-electron chi connectivity index (χ2n) is 5.90. The number of hydrogen-bond donors (Lipinski definition) is 2. The van der Waals surface area contributed by atoms with Gasteiger partial charge >= 0.3 is 0 Å². The number of aliphatic hydroxyl groups excluding tert-OH is 1. The van der Waals surface area contributed by atoms with Gasteiger partial charge in [0.15, 0.2) is 0 Å². The minimum absolute atomic E-state index is 0.387. The Balaban J connectivity index is 2.03. The molecule has 4 nitrogen and oxygen atoms in total. The molecule has 3 rings (SSSR count). The average Bonchev–Trinajstić information content (AvgIpc) is 3.12. The fourth-order valence-corrected chi connectivity index (χ4v) is 3.58. The van der Waals surface area contributed by atoms with Crippen molar-refractivity contribution < 1.29 is 5.11 Å². The lowest BCUT2D eigenvalue weighted by Crippen LogP contribution is -2.40. The molecule has 1 aromatic heterocycles. The fourth-order valence-electron chi connectivity index (χ4n) is 3.58. The lowest BCUT2D eigenvalue weighted by molar-refractivity contribution is 0.0754. The number of nitrogens with two attached hydrogens (primary N) is 1. The Kier molecular flexibility index (Phi) is 3.83. The monoisotopic (exact) mass is 285 g/mol. The topological polar surface area (TPSA) is 64.1 Å². The second kappa shape index (κ2) is 5.62. The van der Waals surface area contributed by atoms with Gasteiger partial charge in [0.25, 0.3) is 0 Å². The van der Waals surface area contributed by atoms with Crippen LogP contribution in [-0.2, 0) is 18.4 Å². The maximum Gasteiger partial charge on any atom is 0.106 e. The van der Waals surface area contributed by atoms with Crippen molar-refractivity contribution in [3.05, 3.63) is 53.3 Å². The zero-order valence-corrected chi connectivity index (χ0v) is 12.5. The van der Waals surface area contributed by atoms with E-state index in [4.69, 9.17) is 5.73 Å². The quantitative estimate of drug-likeness (QED) is 0.885. The SMILES string of the molecule is CCCn1nccc1C(O)C1(CN)CCc2ccccc21. The van der Waals surface area contributed by atoms with Gasteiger partial charge in [-0.05, 0) is 36.5 Å². The van der Waals surface area contributed by atoms with Crippen LogP contribution in [0.3, 0.4) is 0 Å². The van der Waals surface area contributed by atoms with Crippen molar-refractivity contribution in [2.45, 2.75) is 44.2 Å². The molecule has 0 saturated carbocycles. The zero-order valence-electron chi connectivity index (χ0n) is 12.5. The van der Waals surface area contributed by atoms with Gasteiger partial charge in [0, 0.05) is 24.7 Å². The molecule has 3 N–H and O–H groups in total. The summed E-state index contributed by atoms with van der Waals surface area (Å²) in [5, 5.41) is 15.4. The summed E-state index contributed by atoms with van der Waals surface area (Å²) in [6.07, 6.45) is 4.01. The van der Waals surface area contributed by atoms with Crippen molar-refractivity contribution in [1.82, 2.24) is 9.78 Å². The molecule has 0 amide bonds. The maximum absolute atomic E-state index is 11.1. The van der Waals surface area contributed by atoms with Gasteiger partial charge < -0.3 is 10.8 Å². The highest BCUT2D eigenvalue weighted by Crippen LogP contribution is 2.46. The Bertz CT molecular complexity index is 622. The Hall–Kier alpha value is -1.65. The van der Waals surface area contributed by atoms with Crippen molar-refractivity contribution in [1.29, 1.82) is 0 Å². The van der Waals surface area contributed by atoms with Gasteiger partial charge in [0.05, 0.1) is 5.69 Å². The third-order valence-electron chi connectivity index (χ3n) is 4.75. The van der Waals surface area contributed by atoms with E-state index in [0.29, 0.717) is 6.54 Å². The molecule has 2 unspecified atom stereocenters. The minimum atomic E-state index is -0.611. The molecule has 1 aliphatic rings. The molecular weight excluding hydrogens is 262 g/mol. The highest BCUT2D eigenvalue weighted by molar-refractivity contribution is 5.42. The number of aliphatic hydroxyl groups is 1. The lowest BCUT2D eigenvalue weighted by atomic mass is 9.75. The van der Waals surface area contributed by atoms with Crippen molar-refractivity contribution in [3.8, 4) is 0 Å². The molecule has 0 saturated heterocycles. The summed E-state index contributed by atoms with van der Waals surface area (Å²) < 4.78 is 1.91. The number of hydrogen-bond acceptors (Lipinski definition) is 3. The van der Waals surface area contributed by atoms with Gasteiger partial charge in [-0.25, -0.2) is 0 Å². The minimum Gasteiger partial charge on any atom is -0.386 e. The summed E-state index contributed by atoms with van der Waals surface area (Å²) >= 11 is 0. The van der Waals surface area contributed by atoms with E-state index >= 15 is 0 Å². The van der Waals surface area contributed by atoms with Crippen molar-refractivity contribution in [2.75, 3.05) is 6.54 Å². The molecule has 0 fully saturated rings. The molecule has 112 valence electrons. The molecule has 2 atom stereocenters. The predicted molar refractivity (Wildman–Crippen MR) is 83.0 cm³/mol. The van der Waals surface area contributed by atoms with E-state index in [2.05, 4.69) is 30.2 Å². The molecule has 0 aliphatic heterocycles. The molecule has 21 heavy (non-hydrogen) atoms. The van der Waals surface area contributed by atoms with E-state index in [1.807, 2.05) is 16.8 Å². The molecule has 2 aromatic rings. The second-order valence-corrected chi connectivity index (χ2v) is 5.90. The van der Waals surface area contributed by atoms with E-state index in [9.17, 15) is 5.11 Å². The molecule has 1 heterocycles. The number of nitrogens with zero attached hydrogens (tertiary/aromatic N) is 2. The largest absolute Gasteiger partial charge is 0.386 e. The summed E-state index contributed by atoms with van der Waals surface area (Å²) in [5.41, 5.74) is 9.12. The van der Waals surface area contributed by atoms with Crippen LogP contribution in [0.4, 0.5) is 0 Å². The third kappa shape index (κ3) is 2.19. The highest BCUT2D eigenvalue weighted by Gasteiger charge is 2.45. The summed E-state index contributed by atoms with van der Waals surface area (Å²) in [5.74, 6) is 0.